The molecule has 4 rings (SSSR count). The monoisotopic (exact) mass is 386 g/mol. The van der Waals surface area contributed by atoms with Gasteiger partial charge in [0.05, 0.1) is 25.4 Å². The number of fused-ring (bicyclic) bond motifs is 1. The molecule has 1 aromatic carbocycles. The lowest BCUT2D eigenvalue weighted by atomic mass is 9.77. The summed E-state index contributed by atoms with van der Waals surface area (Å²) in [5, 5.41) is 3.17. The number of nitrogens with zero attached hydrogens (tertiary/aromatic N) is 1. The molecular formula is C23H34N2O3. The molecule has 5 heteroatoms. The van der Waals surface area contributed by atoms with Crippen LogP contribution in [-0.2, 0) is 20.9 Å². The molecule has 154 valence electrons. The van der Waals surface area contributed by atoms with Crippen molar-refractivity contribution in [1.29, 1.82) is 0 Å². The molecule has 1 aliphatic heterocycles. The maximum Gasteiger partial charge on any atom is 0.217 e. The third kappa shape index (κ3) is 5.56. The van der Waals surface area contributed by atoms with E-state index in [1.807, 2.05) is 6.07 Å². The highest BCUT2D eigenvalue weighted by molar-refractivity contribution is 5.73. The van der Waals surface area contributed by atoms with Gasteiger partial charge < -0.3 is 19.7 Å². The Hall–Kier alpha value is -1.43. The van der Waals surface area contributed by atoms with Gasteiger partial charge in [0.15, 0.2) is 0 Å². The van der Waals surface area contributed by atoms with Gasteiger partial charge in [-0.15, -0.1) is 0 Å². The van der Waals surface area contributed by atoms with Gasteiger partial charge in [0.25, 0.3) is 0 Å². The quantitative estimate of drug-likeness (QED) is 0.663. The molecule has 4 atom stereocenters. The van der Waals surface area contributed by atoms with Crippen molar-refractivity contribution in [2.24, 2.45) is 17.8 Å². The van der Waals surface area contributed by atoms with Crippen molar-refractivity contribution in [2.45, 2.75) is 51.4 Å². The van der Waals surface area contributed by atoms with Crippen LogP contribution < -0.4 is 5.32 Å². The second kappa shape index (κ2) is 9.38. The smallest absolute Gasteiger partial charge is 0.217 e. The predicted octanol–water partition coefficient (Wildman–Crippen LogP) is 2.84. The van der Waals surface area contributed by atoms with Crippen molar-refractivity contribution in [3.63, 3.8) is 0 Å². The second-order valence-corrected chi connectivity index (χ2v) is 8.91. The third-order valence-corrected chi connectivity index (χ3v) is 6.49. The molecule has 1 heterocycles. The van der Waals surface area contributed by atoms with Gasteiger partial charge in [-0.25, -0.2) is 0 Å². The van der Waals surface area contributed by atoms with Crippen LogP contribution in [0.25, 0.3) is 0 Å². The van der Waals surface area contributed by atoms with Crippen LogP contribution in [0, 0.1) is 17.8 Å². The van der Waals surface area contributed by atoms with E-state index in [0.29, 0.717) is 18.4 Å². The zero-order chi connectivity index (χ0) is 19.3. The van der Waals surface area contributed by atoms with Gasteiger partial charge in [0, 0.05) is 33.2 Å². The molecule has 1 saturated heterocycles. The summed E-state index contributed by atoms with van der Waals surface area (Å²) in [4.78, 5) is 14.2. The minimum absolute atomic E-state index is 0.0626. The second-order valence-electron chi connectivity index (χ2n) is 8.91. The first-order valence-electron chi connectivity index (χ1n) is 10.9. The number of carbonyl (C=O) groups is 1. The van der Waals surface area contributed by atoms with Crippen LogP contribution in [-0.4, -0.2) is 55.8 Å². The van der Waals surface area contributed by atoms with Crippen molar-refractivity contribution in [1.82, 2.24) is 10.2 Å². The van der Waals surface area contributed by atoms with E-state index >= 15 is 0 Å². The predicted molar refractivity (Wildman–Crippen MR) is 109 cm³/mol. The minimum Gasteiger partial charge on any atom is -0.376 e. The number of ether oxygens (including phenoxy) is 2. The van der Waals surface area contributed by atoms with Crippen LogP contribution in [0.4, 0.5) is 0 Å². The van der Waals surface area contributed by atoms with E-state index in [4.69, 9.17) is 9.47 Å². The summed E-state index contributed by atoms with van der Waals surface area (Å²) in [5.74, 6) is 2.17. The van der Waals surface area contributed by atoms with E-state index in [1.165, 1.54) is 18.4 Å². The van der Waals surface area contributed by atoms with Crippen molar-refractivity contribution in [2.75, 3.05) is 32.8 Å². The Kier molecular flexibility index (Phi) is 6.65. The van der Waals surface area contributed by atoms with Crippen LogP contribution in [0.15, 0.2) is 30.3 Å². The Labute approximate surface area is 168 Å². The fraction of sp³-hybridized carbons (Fsp3) is 0.696. The first-order chi connectivity index (χ1) is 13.7. The summed E-state index contributed by atoms with van der Waals surface area (Å²) >= 11 is 0. The normalized spacial score (nSPS) is 30.2. The fourth-order valence-corrected chi connectivity index (χ4v) is 4.79. The third-order valence-electron chi connectivity index (χ3n) is 6.49. The molecule has 2 saturated carbocycles. The summed E-state index contributed by atoms with van der Waals surface area (Å²) in [6.07, 6.45) is 4.91. The average Bonchev–Trinajstić information content (AvgIpc) is 3.43. The highest BCUT2D eigenvalue weighted by Gasteiger charge is 2.43. The molecular weight excluding hydrogens is 352 g/mol. The molecule has 0 spiro atoms. The average molecular weight is 387 g/mol. The largest absolute Gasteiger partial charge is 0.376 e. The fourth-order valence-electron chi connectivity index (χ4n) is 4.79. The van der Waals surface area contributed by atoms with Crippen LogP contribution in [0.5, 0.6) is 0 Å². The Morgan fingerprint density at radius 2 is 1.89 bits per heavy atom. The number of hydrogen-bond acceptors (Lipinski definition) is 4. The molecule has 0 unspecified atom stereocenters. The number of carbonyl (C=O) groups excluding carboxylic acids is 1. The molecule has 1 amide bonds. The Morgan fingerprint density at radius 3 is 2.61 bits per heavy atom. The molecule has 5 nitrogen and oxygen atoms in total. The van der Waals surface area contributed by atoms with Gasteiger partial charge in [0.2, 0.25) is 5.91 Å². The zero-order valence-electron chi connectivity index (χ0n) is 17.0. The first kappa shape index (κ1) is 19.9. The number of hydrogen-bond donors (Lipinski definition) is 1. The van der Waals surface area contributed by atoms with Crippen LogP contribution >= 0.6 is 0 Å². The van der Waals surface area contributed by atoms with E-state index in [0.717, 1.165) is 51.6 Å². The topological polar surface area (TPSA) is 50.8 Å². The summed E-state index contributed by atoms with van der Waals surface area (Å²) in [5.41, 5.74) is 1.23. The van der Waals surface area contributed by atoms with Gasteiger partial charge in [-0.05, 0) is 49.0 Å². The summed E-state index contributed by atoms with van der Waals surface area (Å²) < 4.78 is 12.1. The molecule has 2 aliphatic carbocycles. The van der Waals surface area contributed by atoms with Gasteiger partial charge in [-0.1, -0.05) is 30.3 Å². The van der Waals surface area contributed by atoms with E-state index in [1.54, 1.807) is 6.92 Å². The number of benzene rings is 1. The van der Waals surface area contributed by atoms with E-state index < -0.39 is 0 Å². The van der Waals surface area contributed by atoms with Crippen molar-refractivity contribution < 1.29 is 14.3 Å². The van der Waals surface area contributed by atoms with E-state index in [-0.39, 0.29) is 18.1 Å². The van der Waals surface area contributed by atoms with E-state index in [2.05, 4.69) is 34.5 Å². The van der Waals surface area contributed by atoms with Gasteiger partial charge in [-0.3, -0.25) is 4.79 Å². The molecule has 3 aliphatic rings. The molecule has 0 aromatic heterocycles. The minimum atomic E-state index is 0.0626. The Bertz CT molecular complexity index is 634. The number of nitrogens with one attached hydrogen (secondary N) is 1. The van der Waals surface area contributed by atoms with Crippen molar-refractivity contribution >= 4 is 5.91 Å². The molecule has 3 fully saturated rings. The van der Waals surface area contributed by atoms with Crippen molar-refractivity contribution in [3.05, 3.63) is 35.9 Å². The Morgan fingerprint density at radius 1 is 1.14 bits per heavy atom. The summed E-state index contributed by atoms with van der Waals surface area (Å²) in [6, 6.07) is 10.5. The lowest BCUT2D eigenvalue weighted by Crippen LogP contribution is -2.50. The van der Waals surface area contributed by atoms with Crippen LogP contribution in [0.2, 0.25) is 0 Å². The van der Waals surface area contributed by atoms with Crippen LogP contribution in [0.1, 0.15) is 38.2 Å². The van der Waals surface area contributed by atoms with Gasteiger partial charge >= 0.3 is 0 Å². The maximum absolute atomic E-state index is 11.7. The lowest BCUT2D eigenvalue weighted by Gasteiger charge is -2.38. The van der Waals surface area contributed by atoms with Gasteiger partial charge in [-0.2, -0.15) is 0 Å². The molecule has 28 heavy (non-hydrogen) atoms. The lowest BCUT2D eigenvalue weighted by molar-refractivity contribution is -0.122. The summed E-state index contributed by atoms with van der Waals surface area (Å²) in [7, 11) is 0. The first-order valence-corrected chi connectivity index (χ1v) is 10.9. The highest BCUT2D eigenvalue weighted by atomic mass is 16.5. The zero-order valence-corrected chi connectivity index (χ0v) is 17.0. The molecule has 0 bridgehead atoms. The Balaban J connectivity index is 1.23. The summed E-state index contributed by atoms with van der Waals surface area (Å²) in [6.45, 7) is 7.18. The molecule has 1 N–H and O–H groups in total. The van der Waals surface area contributed by atoms with Gasteiger partial charge in [0.1, 0.15) is 0 Å². The van der Waals surface area contributed by atoms with Crippen molar-refractivity contribution in [3.8, 4) is 0 Å². The number of likely N-dealkylation sites (tertiary alicyclic amines) is 1. The molecule has 0 radical (unpaired) electrons. The SMILES string of the molecule is CC(=O)N[C@@H]1C[C@@H]2CN(CCOCc3ccccc3)C[C@@H]2C[C@H]1OCC1CC1. The van der Waals surface area contributed by atoms with E-state index in [9.17, 15) is 4.79 Å². The maximum atomic E-state index is 11.7. The number of amides is 1. The molecule has 1 aromatic rings. The van der Waals surface area contributed by atoms with Crippen LogP contribution in [0.3, 0.4) is 0 Å². The number of rotatable bonds is 9. The highest BCUT2D eigenvalue weighted by Crippen LogP contribution is 2.38. The standard InChI is InChI=1S/C23H34N2O3/c1-17(26)24-22-11-20-13-25(9-10-27-15-18-5-3-2-4-6-18)14-21(20)12-23(22)28-16-19-7-8-19/h2-6,19-23H,7-16H2,1H3,(H,24,26)/t20-,21+,22-,23-/m1/s1.